The molecule has 130 valence electrons. The molecule has 0 spiro atoms. The molecule has 3 rings (SSSR count). The van der Waals surface area contributed by atoms with E-state index >= 15 is 0 Å². The number of nitrogens with zero attached hydrogens (tertiary/aromatic N) is 2. The number of aryl methyl sites for hydroxylation is 1. The highest BCUT2D eigenvalue weighted by molar-refractivity contribution is 6.62. The first-order chi connectivity index (χ1) is 11.2. The molecule has 6 heteroatoms. The zero-order valence-electron chi connectivity index (χ0n) is 15.7. The van der Waals surface area contributed by atoms with Crippen molar-refractivity contribution in [1.82, 2.24) is 10.1 Å². The number of benzene rings is 1. The molecule has 0 saturated carbocycles. The molecule has 2 aromatic rings. The second-order valence-electron chi connectivity index (χ2n) is 7.05. The average molecular weight is 330 g/mol. The Balaban J connectivity index is 0.000000647. The van der Waals surface area contributed by atoms with E-state index in [1.54, 1.807) is 6.92 Å². The van der Waals surface area contributed by atoms with Crippen LogP contribution in [-0.2, 0) is 9.31 Å². The van der Waals surface area contributed by atoms with Crippen molar-refractivity contribution < 1.29 is 13.8 Å². The molecule has 2 heterocycles. The zero-order valence-corrected chi connectivity index (χ0v) is 15.7. The summed E-state index contributed by atoms with van der Waals surface area (Å²) in [6.45, 7) is 14.2. The molecule has 1 aromatic heterocycles. The third-order valence-corrected chi connectivity index (χ3v) is 4.22. The summed E-state index contributed by atoms with van der Waals surface area (Å²) in [4.78, 5) is 4.21. The van der Waals surface area contributed by atoms with Gasteiger partial charge >= 0.3 is 7.12 Å². The predicted octanol–water partition coefficient (Wildman–Crippen LogP) is 3.76. The Labute approximate surface area is 144 Å². The summed E-state index contributed by atoms with van der Waals surface area (Å²) < 4.78 is 17.0. The molecule has 1 fully saturated rings. The summed E-state index contributed by atoms with van der Waals surface area (Å²) >= 11 is 0. The lowest BCUT2D eigenvalue weighted by Gasteiger charge is -2.32. The quantitative estimate of drug-likeness (QED) is 0.785. The minimum Gasteiger partial charge on any atom is -0.399 e. The first-order valence-corrected chi connectivity index (χ1v) is 8.46. The van der Waals surface area contributed by atoms with Crippen LogP contribution in [0.1, 0.15) is 53.9 Å². The van der Waals surface area contributed by atoms with Crippen LogP contribution in [0.5, 0.6) is 0 Å². The molecule has 0 radical (unpaired) electrons. The fraction of sp³-hybridized carbons (Fsp3) is 0.556. The summed E-state index contributed by atoms with van der Waals surface area (Å²) in [5.74, 6) is 1.15. The van der Waals surface area contributed by atoms with Gasteiger partial charge in [-0.1, -0.05) is 49.7 Å². The van der Waals surface area contributed by atoms with Crippen LogP contribution in [0.2, 0.25) is 0 Å². The lowest BCUT2D eigenvalue weighted by molar-refractivity contribution is 0.00578. The monoisotopic (exact) mass is 330 g/mol. The third kappa shape index (κ3) is 3.87. The topological polar surface area (TPSA) is 57.4 Å². The molecular weight excluding hydrogens is 303 g/mol. The Morgan fingerprint density at radius 2 is 1.46 bits per heavy atom. The van der Waals surface area contributed by atoms with E-state index in [1.807, 2.05) is 52.0 Å². The van der Waals surface area contributed by atoms with Gasteiger partial charge in [0, 0.05) is 12.5 Å². The minimum atomic E-state index is -0.351. The van der Waals surface area contributed by atoms with Gasteiger partial charge in [0.1, 0.15) is 0 Å². The van der Waals surface area contributed by atoms with E-state index in [4.69, 9.17) is 13.8 Å². The van der Waals surface area contributed by atoms with E-state index in [1.165, 1.54) is 6.42 Å². The fourth-order valence-electron chi connectivity index (χ4n) is 2.18. The van der Waals surface area contributed by atoms with Crippen molar-refractivity contribution in [1.29, 1.82) is 0 Å². The first kappa shape index (κ1) is 18.7. The Morgan fingerprint density at radius 3 is 1.88 bits per heavy atom. The second kappa shape index (κ2) is 7.07. The highest BCUT2D eigenvalue weighted by Crippen LogP contribution is 2.36. The summed E-state index contributed by atoms with van der Waals surface area (Å²) in [6, 6.07) is 7.85. The van der Waals surface area contributed by atoms with Crippen LogP contribution in [-0.4, -0.2) is 28.5 Å². The van der Waals surface area contributed by atoms with Crippen LogP contribution in [0.3, 0.4) is 0 Å². The summed E-state index contributed by atoms with van der Waals surface area (Å²) in [7, 11) is -0.351. The molecule has 0 aliphatic carbocycles. The van der Waals surface area contributed by atoms with Gasteiger partial charge in [-0.15, -0.1) is 0 Å². The van der Waals surface area contributed by atoms with E-state index < -0.39 is 0 Å². The van der Waals surface area contributed by atoms with Crippen LogP contribution in [0, 0.1) is 6.92 Å². The van der Waals surface area contributed by atoms with Crippen LogP contribution in [0.15, 0.2) is 28.8 Å². The molecular formula is C18H27BN2O3. The van der Waals surface area contributed by atoms with Crippen LogP contribution in [0.4, 0.5) is 0 Å². The standard InChI is InChI=1S/C15H19BN2O3.C3H8/c1-10-17-13(18-19-10)11-6-8-12(9-7-11)16-20-14(2,3)15(4,5)21-16;1-3-2/h6-9H,1-5H3;3H2,1-2H3. The molecule has 1 aromatic carbocycles. The van der Waals surface area contributed by atoms with Gasteiger partial charge in [-0.2, -0.15) is 4.98 Å². The molecule has 0 unspecified atom stereocenters. The van der Waals surface area contributed by atoms with E-state index in [0.29, 0.717) is 11.7 Å². The maximum absolute atomic E-state index is 6.03. The molecule has 0 bridgehead atoms. The molecule has 0 N–H and O–H groups in total. The maximum Gasteiger partial charge on any atom is 0.494 e. The Morgan fingerprint density at radius 1 is 0.958 bits per heavy atom. The predicted molar refractivity (Wildman–Crippen MR) is 96.2 cm³/mol. The highest BCUT2D eigenvalue weighted by atomic mass is 16.7. The molecule has 5 nitrogen and oxygen atoms in total. The number of hydrogen-bond donors (Lipinski definition) is 0. The molecule has 1 aliphatic rings. The van der Waals surface area contributed by atoms with Crippen molar-refractivity contribution in [3.8, 4) is 11.4 Å². The molecule has 1 aliphatic heterocycles. The molecule has 1 saturated heterocycles. The normalized spacial score (nSPS) is 18.2. The summed E-state index contributed by atoms with van der Waals surface area (Å²) in [5.41, 5.74) is 1.23. The summed E-state index contributed by atoms with van der Waals surface area (Å²) in [6.07, 6.45) is 1.25. The van der Waals surface area contributed by atoms with Gasteiger partial charge in [0.05, 0.1) is 11.2 Å². The average Bonchev–Trinajstić information content (AvgIpc) is 3.02. The van der Waals surface area contributed by atoms with Gasteiger partial charge in [-0.05, 0) is 33.2 Å². The number of rotatable bonds is 2. The van der Waals surface area contributed by atoms with Gasteiger partial charge in [-0.3, -0.25) is 0 Å². The van der Waals surface area contributed by atoms with Gasteiger partial charge in [0.15, 0.2) is 0 Å². The Hall–Kier alpha value is -1.66. The lowest BCUT2D eigenvalue weighted by Crippen LogP contribution is -2.41. The van der Waals surface area contributed by atoms with Crippen molar-refractivity contribution in [2.24, 2.45) is 0 Å². The smallest absolute Gasteiger partial charge is 0.399 e. The van der Waals surface area contributed by atoms with Crippen molar-refractivity contribution in [2.75, 3.05) is 0 Å². The highest BCUT2D eigenvalue weighted by Gasteiger charge is 2.51. The van der Waals surface area contributed by atoms with Gasteiger partial charge in [0.25, 0.3) is 0 Å². The van der Waals surface area contributed by atoms with Crippen molar-refractivity contribution in [2.45, 2.75) is 66.1 Å². The van der Waals surface area contributed by atoms with E-state index in [2.05, 4.69) is 24.0 Å². The van der Waals surface area contributed by atoms with Crippen LogP contribution < -0.4 is 5.46 Å². The van der Waals surface area contributed by atoms with Crippen LogP contribution >= 0.6 is 0 Å². The maximum atomic E-state index is 6.03. The minimum absolute atomic E-state index is 0.332. The van der Waals surface area contributed by atoms with Crippen molar-refractivity contribution >= 4 is 12.6 Å². The number of hydrogen-bond acceptors (Lipinski definition) is 5. The largest absolute Gasteiger partial charge is 0.494 e. The first-order valence-electron chi connectivity index (χ1n) is 8.46. The van der Waals surface area contributed by atoms with Crippen LogP contribution in [0.25, 0.3) is 11.4 Å². The van der Waals surface area contributed by atoms with E-state index in [9.17, 15) is 0 Å². The van der Waals surface area contributed by atoms with Crippen molar-refractivity contribution in [3.63, 3.8) is 0 Å². The van der Waals surface area contributed by atoms with Gasteiger partial charge in [0.2, 0.25) is 11.7 Å². The van der Waals surface area contributed by atoms with Gasteiger partial charge in [-0.25, -0.2) is 0 Å². The van der Waals surface area contributed by atoms with E-state index in [0.717, 1.165) is 11.0 Å². The third-order valence-electron chi connectivity index (χ3n) is 4.22. The summed E-state index contributed by atoms with van der Waals surface area (Å²) in [5, 5.41) is 3.91. The fourth-order valence-corrected chi connectivity index (χ4v) is 2.18. The van der Waals surface area contributed by atoms with Crippen molar-refractivity contribution in [3.05, 3.63) is 30.2 Å². The Bertz CT molecular complexity index is 649. The lowest BCUT2D eigenvalue weighted by atomic mass is 9.79. The van der Waals surface area contributed by atoms with E-state index in [-0.39, 0.29) is 18.3 Å². The van der Waals surface area contributed by atoms with Gasteiger partial charge < -0.3 is 13.8 Å². The second-order valence-corrected chi connectivity index (χ2v) is 7.05. The molecule has 0 amide bonds. The Kier molecular flexibility index (Phi) is 5.50. The number of aromatic nitrogens is 2. The molecule has 24 heavy (non-hydrogen) atoms. The molecule has 0 atom stereocenters. The zero-order chi connectivity index (χ0) is 18.0. The SMILES string of the molecule is CCC.Cc1nc(-c2ccc(B3OC(C)(C)C(C)(C)O3)cc2)no1.